The number of rotatable bonds is 3. The topological polar surface area (TPSA) is 106 Å². The number of carbonyl (C=O) groups is 1. The average molecular weight is 368 g/mol. The van der Waals surface area contributed by atoms with E-state index < -0.39 is 5.69 Å². The molecule has 3 aromatic rings. The maximum Gasteiger partial charge on any atom is 0.328 e. The maximum atomic E-state index is 12.8. The summed E-state index contributed by atoms with van der Waals surface area (Å²) in [5, 5.41) is 4.57. The van der Waals surface area contributed by atoms with Gasteiger partial charge in [0.2, 0.25) is 0 Å². The molecule has 1 aromatic carbocycles. The lowest BCUT2D eigenvalue weighted by atomic mass is 10.0. The van der Waals surface area contributed by atoms with Crippen molar-refractivity contribution in [1.82, 2.24) is 29.2 Å². The Morgan fingerprint density at radius 3 is 2.70 bits per heavy atom. The van der Waals surface area contributed by atoms with E-state index in [0.29, 0.717) is 36.1 Å². The SMILES string of the molecule is CCn1c(=O)[nH]c2cc(C(=O)N3CCC(n4cncn4)CC3)ccc2c1=O. The Morgan fingerprint density at radius 1 is 1.26 bits per heavy atom. The normalized spacial score (nSPS) is 15.4. The second-order valence-corrected chi connectivity index (χ2v) is 6.64. The summed E-state index contributed by atoms with van der Waals surface area (Å²) in [7, 11) is 0. The second kappa shape index (κ2) is 6.82. The van der Waals surface area contributed by atoms with E-state index in [1.807, 2.05) is 4.68 Å². The fourth-order valence-corrected chi connectivity index (χ4v) is 3.60. The first kappa shape index (κ1) is 17.2. The molecule has 0 aliphatic carbocycles. The standard InChI is InChI=1S/C18H20N6O3/c1-2-23-17(26)14-4-3-12(9-15(14)21-18(23)27)16(25)22-7-5-13(6-8-22)24-11-19-10-20-24/h3-4,9-11,13H,2,5-8H2,1H3,(H,21,27). The third-order valence-electron chi connectivity index (χ3n) is 5.11. The van der Waals surface area contributed by atoms with Crippen LogP contribution < -0.4 is 11.2 Å². The average Bonchev–Trinajstić information content (AvgIpc) is 3.22. The number of carbonyl (C=O) groups excluding carboxylic acids is 1. The molecule has 3 heterocycles. The molecule has 1 N–H and O–H groups in total. The third kappa shape index (κ3) is 3.05. The van der Waals surface area contributed by atoms with Crippen molar-refractivity contribution in [2.24, 2.45) is 0 Å². The van der Waals surface area contributed by atoms with Crippen LogP contribution in [0.5, 0.6) is 0 Å². The number of hydrogen-bond acceptors (Lipinski definition) is 5. The number of hydrogen-bond donors (Lipinski definition) is 1. The van der Waals surface area contributed by atoms with Crippen LogP contribution in [0.4, 0.5) is 0 Å². The molecule has 0 saturated carbocycles. The molecule has 0 radical (unpaired) electrons. The fourth-order valence-electron chi connectivity index (χ4n) is 3.60. The van der Waals surface area contributed by atoms with E-state index in [1.54, 1.807) is 36.4 Å². The Labute approximate surface area is 154 Å². The summed E-state index contributed by atoms with van der Waals surface area (Å²) in [6.07, 6.45) is 4.83. The predicted octanol–water partition coefficient (Wildman–Crippen LogP) is 0.778. The molecule has 140 valence electrons. The monoisotopic (exact) mass is 368 g/mol. The summed E-state index contributed by atoms with van der Waals surface area (Å²) in [5.74, 6) is -0.102. The van der Waals surface area contributed by atoms with Crippen LogP contribution in [-0.2, 0) is 6.54 Å². The number of nitrogens with zero attached hydrogens (tertiary/aromatic N) is 5. The van der Waals surface area contributed by atoms with Gasteiger partial charge in [-0.15, -0.1) is 0 Å². The Bertz CT molecular complexity index is 1090. The van der Waals surface area contributed by atoms with Gasteiger partial charge in [0.15, 0.2) is 0 Å². The maximum absolute atomic E-state index is 12.8. The lowest BCUT2D eigenvalue weighted by molar-refractivity contribution is 0.0690. The first-order valence-electron chi connectivity index (χ1n) is 8.98. The number of H-pyrrole nitrogens is 1. The highest BCUT2D eigenvalue weighted by Gasteiger charge is 2.25. The molecular weight excluding hydrogens is 348 g/mol. The van der Waals surface area contributed by atoms with Gasteiger partial charge in [-0.3, -0.25) is 14.2 Å². The van der Waals surface area contributed by atoms with Gasteiger partial charge in [-0.05, 0) is 38.0 Å². The number of piperidine rings is 1. The van der Waals surface area contributed by atoms with E-state index in [-0.39, 0.29) is 17.5 Å². The van der Waals surface area contributed by atoms with Gasteiger partial charge < -0.3 is 9.88 Å². The number of amides is 1. The Hall–Kier alpha value is -3.23. The second-order valence-electron chi connectivity index (χ2n) is 6.64. The summed E-state index contributed by atoms with van der Waals surface area (Å²) < 4.78 is 2.97. The Kier molecular flexibility index (Phi) is 4.35. The molecule has 0 unspecified atom stereocenters. The van der Waals surface area contributed by atoms with Gasteiger partial charge in [0.05, 0.1) is 16.9 Å². The Balaban J connectivity index is 1.57. The highest BCUT2D eigenvalue weighted by Crippen LogP contribution is 2.23. The van der Waals surface area contributed by atoms with Crippen LogP contribution in [0, 0.1) is 0 Å². The number of fused-ring (bicyclic) bond motifs is 1. The van der Waals surface area contributed by atoms with Gasteiger partial charge in [0.25, 0.3) is 11.5 Å². The van der Waals surface area contributed by atoms with Crippen LogP contribution in [0.3, 0.4) is 0 Å². The number of benzene rings is 1. The van der Waals surface area contributed by atoms with Crippen molar-refractivity contribution in [1.29, 1.82) is 0 Å². The van der Waals surface area contributed by atoms with Gasteiger partial charge >= 0.3 is 5.69 Å². The minimum Gasteiger partial charge on any atom is -0.338 e. The first-order valence-corrected chi connectivity index (χ1v) is 8.98. The quantitative estimate of drug-likeness (QED) is 0.735. The first-order chi connectivity index (χ1) is 13.1. The molecule has 0 bridgehead atoms. The largest absolute Gasteiger partial charge is 0.338 e. The summed E-state index contributed by atoms with van der Waals surface area (Å²) in [6.45, 7) is 3.28. The lowest BCUT2D eigenvalue weighted by Crippen LogP contribution is -2.39. The molecule has 1 aliphatic heterocycles. The zero-order valence-corrected chi connectivity index (χ0v) is 15.0. The number of aromatic nitrogens is 5. The van der Waals surface area contributed by atoms with Crippen LogP contribution in [0.15, 0.2) is 40.4 Å². The van der Waals surface area contributed by atoms with Crippen molar-refractivity contribution in [3.8, 4) is 0 Å². The van der Waals surface area contributed by atoms with Crippen molar-refractivity contribution < 1.29 is 4.79 Å². The van der Waals surface area contributed by atoms with Crippen molar-refractivity contribution in [2.75, 3.05) is 13.1 Å². The summed E-state index contributed by atoms with van der Waals surface area (Å²) >= 11 is 0. The lowest BCUT2D eigenvalue weighted by Gasteiger charge is -2.32. The Morgan fingerprint density at radius 2 is 2.04 bits per heavy atom. The molecular formula is C18H20N6O3. The van der Waals surface area contributed by atoms with E-state index in [2.05, 4.69) is 15.1 Å². The van der Waals surface area contributed by atoms with Gasteiger partial charge in [-0.25, -0.2) is 14.5 Å². The molecule has 1 amide bonds. The number of likely N-dealkylation sites (tertiary alicyclic amines) is 1. The summed E-state index contributed by atoms with van der Waals surface area (Å²) in [6, 6.07) is 5.09. The van der Waals surface area contributed by atoms with Crippen LogP contribution >= 0.6 is 0 Å². The van der Waals surface area contributed by atoms with Crippen molar-refractivity contribution in [2.45, 2.75) is 32.4 Å². The molecule has 0 spiro atoms. The van der Waals surface area contributed by atoms with Crippen molar-refractivity contribution >= 4 is 16.8 Å². The van der Waals surface area contributed by atoms with Gasteiger partial charge in [-0.1, -0.05) is 0 Å². The molecule has 1 saturated heterocycles. The fraction of sp³-hybridized carbons (Fsp3) is 0.389. The molecule has 9 heteroatoms. The van der Waals surface area contributed by atoms with Crippen LogP contribution in [0.1, 0.15) is 36.2 Å². The molecule has 9 nitrogen and oxygen atoms in total. The van der Waals surface area contributed by atoms with Crippen molar-refractivity contribution in [3.63, 3.8) is 0 Å². The zero-order valence-electron chi connectivity index (χ0n) is 15.0. The highest BCUT2D eigenvalue weighted by atomic mass is 16.2. The molecule has 27 heavy (non-hydrogen) atoms. The molecule has 0 atom stereocenters. The van der Waals surface area contributed by atoms with E-state index >= 15 is 0 Å². The predicted molar refractivity (Wildman–Crippen MR) is 98.7 cm³/mol. The molecule has 1 fully saturated rings. The van der Waals surface area contributed by atoms with E-state index in [1.165, 1.54) is 6.33 Å². The number of nitrogens with one attached hydrogen (secondary N) is 1. The zero-order chi connectivity index (χ0) is 19.0. The van der Waals surface area contributed by atoms with E-state index in [9.17, 15) is 14.4 Å². The smallest absolute Gasteiger partial charge is 0.328 e. The minimum atomic E-state index is -0.465. The van der Waals surface area contributed by atoms with Crippen LogP contribution in [0.2, 0.25) is 0 Å². The summed E-state index contributed by atoms with van der Waals surface area (Å²) in [4.78, 5) is 45.7. The summed E-state index contributed by atoms with van der Waals surface area (Å²) in [5.41, 5.74) is 0.0428. The van der Waals surface area contributed by atoms with E-state index in [0.717, 1.165) is 17.4 Å². The molecule has 2 aromatic heterocycles. The van der Waals surface area contributed by atoms with Crippen LogP contribution in [0.25, 0.3) is 10.9 Å². The van der Waals surface area contributed by atoms with Gasteiger partial charge in [0.1, 0.15) is 12.7 Å². The highest BCUT2D eigenvalue weighted by molar-refractivity contribution is 5.97. The minimum absolute atomic E-state index is 0.102. The van der Waals surface area contributed by atoms with E-state index in [4.69, 9.17) is 0 Å². The number of aromatic amines is 1. The molecule has 4 rings (SSSR count). The van der Waals surface area contributed by atoms with Crippen LogP contribution in [-0.4, -0.2) is 48.2 Å². The third-order valence-corrected chi connectivity index (χ3v) is 5.11. The van der Waals surface area contributed by atoms with Crippen molar-refractivity contribution in [3.05, 3.63) is 57.3 Å². The molecule has 1 aliphatic rings. The van der Waals surface area contributed by atoms with Gasteiger partial charge in [0, 0.05) is 25.2 Å². The van der Waals surface area contributed by atoms with Gasteiger partial charge in [-0.2, -0.15) is 5.10 Å².